The summed E-state index contributed by atoms with van der Waals surface area (Å²) in [6.45, 7) is 0.710. The van der Waals surface area contributed by atoms with Crippen molar-refractivity contribution in [2.75, 3.05) is 16.8 Å². The van der Waals surface area contributed by atoms with E-state index in [-0.39, 0.29) is 17.5 Å². The van der Waals surface area contributed by atoms with E-state index >= 15 is 0 Å². The van der Waals surface area contributed by atoms with Crippen LogP contribution in [0.5, 0.6) is 0 Å². The molecule has 0 unspecified atom stereocenters. The van der Waals surface area contributed by atoms with Crippen molar-refractivity contribution in [1.82, 2.24) is 15.0 Å². The Balaban J connectivity index is 1.49. The van der Waals surface area contributed by atoms with E-state index in [1.54, 1.807) is 21.8 Å². The summed E-state index contributed by atoms with van der Waals surface area (Å²) in [5, 5.41) is 10.8. The molecule has 7 nitrogen and oxygen atoms in total. The second kappa shape index (κ2) is 7.41. The van der Waals surface area contributed by atoms with Gasteiger partial charge in [0.25, 0.3) is 5.91 Å². The van der Waals surface area contributed by atoms with Crippen molar-refractivity contribution >= 4 is 23.2 Å². The summed E-state index contributed by atoms with van der Waals surface area (Å²) in [5.41, 5.74) is 2.46. The Hall–Kier alpha value is -3.48. The monoisotopic (exact) mass is 361 g/mol. The van der Waals surface area contributed by atoms with Crippen LogP contribution in [0.1, 0.15) is 29.8 Å². The van der Waals surface area contributed by atoms with Crippen molar-refractivity contribution in [2.45, 2.75) is 19.3 Å². The van der Waals surface area contributed by atoms with Gasteiger partial charge in [0, 0.05) is 24.3 Å². The fourth-order valence-electron chi connectivity index (χ4n) is 3.10. The molecule has 0 saturated carbocycles. The first kappa shape index (κ1) is 17.0. The van der Waals surface area contributed by atoms with Gasteiger partial charge < -0.3 is 10.2 Å². The highest BCUT2D eigenvalue weighted by molar-refractivity contribution is 6.03. The largest absolute Gasteiger partial charge is 0.320 e. The van der Waals surface area contributed by atoms with E-state index in [0.29, 0.717) is 18.7 Å². The van der Waals surface area contributed by atoms with Gasteiger partial charge >= 0.3 is 0 Å². The van der Waals surface area contributed by atoms with E-state index in [2.05, 4.69) is 15.6 Å². The summed E-state index contributed by atoms with van der Waals surface area (Å²) in [6, 6.07) is 16.8. The zero-order chi connectivity index (χ0) is 18.6. The number of benzene rings is 2. The molecule has 1 fully saturated rings. The molecule has 0 atom stereocenters. The third-order valence-electron chi connectivity index (χ3n) is 4.49. The molecule has 0 radical (unpaired) electrons. The van der Waals surface area contributed by atoms with E-state index in [0.717, 1.165) is 24.2 Å². The minimum atomic E-state index is -0.348. The second-order valence-corrected chi connectivity index (χ2v) is 6.39. The van der Waals surface area contributed by atoms with Crippen LogP contribution in [0.25, 0.3) is 5.69 Å². The quantitative estimate of drug-likeness (QED) is 0.774. The maximum Gasteiger partial charge on any atom is 0.277 e. The van der Waals surface area contributed by atoms with Crippen molar-refractivity contribution in [3.05, 3.63) is 66.5 Å². The van der Waals surface area contributed by atoms with E-state index < -0.39 is 0 Å². The molecule has 1 aliphatic rings. The number of carbonyl (C=O) groups excluding carboxylic acids is 2. The lowest BCUT2D eigenvalue weighted by Crippen LogP contribution is -2.35. The van der Waals surface area contributed by atoms with Crippen LogP contribution in [0.4, 0.5) is 11.4 Å². The molecule has 3 aromatic rings. The molecule has 1 N–H and O–H groups in total. The first-order chi connectivity index (χ1) is 13.2. The summed E-state index contributed by atoms with van der Waals surface area (Å²) in [7, 11) is 0. The third kappa shape index (κ3) is 3.72. The van der Waals surface area contributed by atoms with Crippen LogP contribution in [0.3, 0.4) is 0 Å². The van der Waals surface area contributed by atoms with Crippen molar-refractivity contribution in [3.8, 4) is 5.69 Å². The topological polar surface area (TPSA) is 80.1 Å². The van der Waals surface area contributed by atoms with Crippen LogP contribution in [-0.4, -0.2) is 33.4 Å². The van der Waals surface area contributed by atoms with Gasteiger partial charge in [0.2, 0.25) is 5.91 Å². The highest BCUT2D eigenvalue weighted by Gasteiger charge is 2.20. The van der Waals surface area contributed by atoms with E-state index in [9.17, 15) is 9.59 Å². The normalized spacial score (nSPS) is 14.2. The van der Waals surface area contributed by atoms with Gasteiger partial charge in [0.15, 0.2) is 5.69 Å². The first-order valence-corrected chi connectivity index (χ1v) is 8.90. The number of amides is 2. The van der Waals surface area contributed by atoms with Crippen molar-refractivity contribution < 1.29 is 9.59 Å². The zero-order valence-corrected chi connectivity index (χ0v) is 14.7. The summed E-state index contributed by atoms with van der Waals surface area (Å²) in [5.74, 6) is -0.227. The molecule has 136 valence electrons. The zero-order valence-electron chi connectivity index (χ0n) is 14.7. The van der Waals surface area contributed by atoms with Crippen LogP contribution in [0.15, 0.2) is 60.8 Å². The van der Waals surface area contributed by atoms with Crippen LogP contribution >= 0.6 is 0 Å². The number of carbonyl (C=O) groups is 2. The van der Waals surface area contributed by atoms with Gasteiger partial charge in [0.05, 0.1) is 11.9 Å². The molecular formula is C20H19N5O2. The SMILES string of the molecule is O=C(Nc1cccc(N2CCCCC2=O)c1)c1cn(-c2ccccc2)nn1. The predicted octanol–water partition coefficient (Wildman–Crippen LogP) is 3.04. The maximum absolute atomic E-state index is 12.5. The lowest BCUT2D eigenvalue weighted by Gasteiger charge is -2.27. The van der Waals surface area contributed by atoms with Gasteiger partial charge in [-0.2, -0.15) is 0 Å². The average molecular weight is 361 g/mol. The van der Waals surface area contributed by atoms with E-state index in [1.807, 2.05) is 48.5 Å². The van der Waals surface area contributed by atoms with Gasteiger partial charge in [-0.1, -0.05) is 29.5 Å². The molecule has 2 amide bonds. The predicted molar refractivity (Wildman–Crippen MR) is 102 cm³/mol. The number of anilines is 2. The molecule has 4 rings (SSSR count). The summed E-state index contributed by atoms with van der Waals surface area (Å²) in [4.78, 5) is 26.4. The van der Waals surface area contributed by atoms with Gasteiger partial charge in [0.1, 0.15) is 0 Å². The Labute approximate surface area is 156 Å². The number of hydrogen-bond acceptors (Lipinski definition) is 4. The van der Waals surface area contributed by atoms with Crippen molar-refractivity contribution in [1.29, 1.82) is 0 Å². The van der Waals surface area contributed by atoms with Crippen molar-refractivity contribution in [2.24, 2.45) is 0 Å². The summed E-state index contributed by atoms with van der Waals surface area (Å²) in [6.07, 6.45) is 4.08. The Morgan fingerprint density at radius 1 is 1.00 bits per heavy atom. The van der Waals surface area contributed by atoms with Gasteiger partial charge in [-0.05, 0) is 43.2 Å². The smallest absolute Gasteiger partial charge is 0.277 e. The minimum Gasteiger partial charge on any atom is -0.320 e. The first-order valence-electron chi connectivity index (χ1n) is 8.90. The van der Waals surface area contributed by atoms with E-state index in [4.69, 9.17) is 0 Å². The average Bonchev–Trinajstić information content (AvgIpc) is 3.20. The summed E-state index contributed by atoms with van der Waals surface area (Å²) >= 11 is 0. The highest BCUT2D eigenvalue weighted by atomic mass is 16.2. The van der Waals surface area contributed by atoms with E-state index in [1.165, 1.54) is 0 Å². The lowest BCUT2D eigenvalue weighted by atomic mass is 10.1. The minimum absolute atomic E-state index is 0.121. The number of rotatable bonds is 4. The Bertz CT molecular complexity index is 967. The molecule has 27 heavy (non-hydrogen) atoms. The molecule has 1 aliphatic heterocycles. The van der Waals surface area contributed by atoms with Crippen LogP contribution in [0, 0.1) is 0 Å². The Morgan fingerprint density at radius 3 is 2.63 bits per heavy atom. The maximum atomic E-state index is 12.5. The molecule has 7 heteroatoms. The van der Waals surface area contributed by atoms with Gasteiger partial charge in [-0.25, -0.2) is 4.68 Å². The van der Waals surface area contributed by atoms with Crippen molar-refractivity contribution in [3.63, 3.8) is 0 Å². The number of hydrogen-bond donors (Lipinski definition) is 1. The molecule has 1 aromatic heterocycles. The molecular weight excluding hydrogens is 342 g/mol. The van der Waals surface area contributed by atoms with Gasteiger partial charge in [-0.15, -0.1) is 5.10 Å². The molecule has 0 bridgehead atoms. The Morgan fingerprint density at radius 2 is 1.81 bits per heavy atom. The standard InChI is InChI=1S/C20H19N5O2/c26-19-11-4-5-12-24(19)17-10-6-7-15(13-17)21-20(27)18-14-25(23-22-18)16-8-2-1-3-9-16/h1-3,6-10,13-14H,4-5,11-12H2,(H,21,27). The Kier molecular flexibility index (Phi) is 4.65. The fourth-order valence-corrected chi connectivity index (χ4v) is 3.10. The molecule has 2 heterocycles. The fraction of sp³-hybridized carbons (Fsp3) is 0.200. The highest BCUT2D eigenvalue weighted by Crippen LogP contribution is 2.24. The van der Waals surface area contributed by atoms with Crippen LogP contribution < -0.4 is 10.2 Å². The molecule has 0 spiro atoms. The van der Waals surface area contributed by atoms with Crippen LogP contribution in [-0.2, 0) is 4.79 Å². The number of nitrogens with zero attached hydrogens (tertiary/aromatic N) is 4. The second-order valence-electron chi connectivity index (χ2n) is 6.39. The number of aromatic nitrogens is 3. The summed E-state index contributed by atoms with van der Waals surface area (Å²) < 4.78 is 1.55. The number of nitrogens with one attached hydrogen (secondary N) is 1. The molecule has 0 aliphatic carbocycles. The van der Waals surface area contributed by atoms with Crippen LogP contribution in [0.2, 0.25) is 0 Å². The number of piperidine rings is 1. The number of para-hydroxylation sites is 1. The third-order valence-corrected chi connectivity index (χ3v) is 4.49. The lowest BCUT2D eigenvalue weighted by molar-refractivity contribution is -0.119. The van der Waals surface area contributed by atoms with Gasteiger partial charge in [-0.3, -0.25) is 9.59 Å². The molecule has 2 aromatic carbocycles. The molecule has 1 saturated heterocycles.